The van der Waals surface area contributed by atoms with Gasteiger partial charge in [-0.1, -0.05) is 11.6 Å². The van der Waals surface area contributed by atoms with Crippen molar-refractivity contribution in [2.75, 3.05) is 19.6 Å². The van der Waals surface area contributed by atoms with E-state index < -0.39 is 23.7 Å². The van der Waals surface area contributed by atoms with Crippen molar-refractivity contribution in [3.63, 3.8) is 0 Å². The normalized spacial score (nSPS) is 39.6. The number of amides is 2. The summed E-state index contributed by atoms with van der Waals surface area (Å²) in [7, 11) is 1.61. The molecule has 6 atom stereocenters. The molecule has 152 valence electrons. The van der Waals surface area contributed by atoms with E-state index in [1.165, 1.54) is 5.57 Å². The number of hydrogen-bond donors (Lipinski definition) is 1. The molecule has 2 saturated heterocycles. The van der Waals surface area contributed by atoms with Crippen LogP contribution >= 0.6 is 11.6 Å². The van der Waals surface area contributed by atoms with Crippen molar-refractivity contribution in [2.24, 2.45) is 5.92 Å². The molecule has 7 nitrogen and oxygen atoms in total. The van der Waals surface area contributed by atoms with Crippen LogP contribution < -0.4 is 5.32 Å². The first-order valence-corrected chi connectivity index (χ1v) is 9.83. The van der Waals surface area contributed by atoms with E-state index in [0.717, 1.165) is 12.8 Å². The molecule has 1 saturated carbocycles. The fourth-order valence-electron chi connectivity index (χ4n) is 4.38. The van der Waals surface area contributed by atoms with Crippen molar-refractivity contribution in [3.05, 3.63) is 11.6 Å². The molecule has 3 fully saturated rings. The fourth-order valence-corrected chi connectivity index (χ4v) is 4.45. The molecule has 3 rings (SSSR count). The van der Waals surface area contributed by atoms with Gasteiger partial charge in [0.25, 0.3) is 0 Å². The number of imide groups is 1. The Bertz CT molecular complexity index is 630. The molecule has 3 aliphatic rings. The highest BCUT2D eigenvalue weighted by atomic mass is 35.5. The predicted octanol–water partition coefficient (Wildman–Crippen LogP) is 2.55. The Morgan fingerprint density at radius 2 is 2.07 bits per heavy atom. The molecule has 1 aliphatic carbocycles. The summed E-state index contributed by atoms with van der Waals surface area (Å²) in [5, 5.41) is 2.11. The lowest BCUT2D eigenvalue weighted by Crippen LogP contribution is -2.56. The zero-order valence-corrected chi connectivity index (χ0v) is 17.0. The lowest BCUT2D eigenvalue weighted by molar-refractivity contribution is -0.124. The van der Waals surface area contributed by atoms with Crippen molar-refractivity contribution >= 4 is 23.6 Å². The summed E-state index contributed by atoms with van der Waals surface area (Å²) in [5.74, 6) is -0.949. The first-order chi connectivity index (χ1) is 12.8. The molecular formula is C19H28ClNO6. The molecule has 0 bridgehead atoms. The van der Waals surface area contributed by atoms with Crippen LogP contribution in [0.4, 0.5) is 4.79 Å². The Morgan fingerprint density at radius 1 is 1.37 bits per heavy atom. The van der Waals surface area contributed by atoms with Gasteiger partial charge in [-0.15, -0.1) is 11.6 Å². The molecule has 1 spiro atoms. The number of nitrogens with one attached hydrogen (secondary N) is 1. The maximum atomic E-state index is 12.0. The summed E-state index contributed by atoms with van der Waals surface area (Å²) in [6, 6.07) is 0. The number of alkyl carbamates (subject to hydrolysis) is 1. The van der Waals surface area contributed by atoms with Gasteiger partial charge in [0.05, 0.1) is 18.6 Å². The second-order valence-corrected chi connectivity index (χ2v) is 8.27. The Kier molecular flexibility index (Phi) is 5.87. The summed E-state index contributed by atoms with van der Waals surface area (Å²) in [5.41, 5.74) is 0.574. The summed E-state index contributed by atoms with van der Waals surface area (Å²) in [6.07, 6.45) is 2.78. The largest absolute Gasteiger partial charge is 0.443 e. The molecule has 0 aromatic carbocycles. The van der Waals surface area contributed by atoms with E-state index in [2.05, 4.69) is 32.2 Å². The number of carbonyl (C=O) groups excluding carboxylic acids is 2. The highest BCUT2D eigenvalue weighted by Gasteiger charge is 2.72. The molecule has 8 heteroatoms. The van der Waals surface area contributed by atoms with Gasteiger partial charge in [-0.05, 0) is 40.0 Å². The van der Waals surface area contributed by atoms with Gasteiger partial charge < -0.3 is 18.9 Å². The molecule has 1 N–H and O–H groups in total. The molecule has 0 aromatic rings. The maximum Gasteiger partial charge on any atom is 0.414 e. The van der Waals surface area contributed by atoms with Crippen molar-refractivity contribution < 1.29 is 28.5 Å². The molecule has 2 heterocycles. The summed E-state index contributed by atoms with van der Waals surface area (Å²) < 4.78 is 23.2. The molecule has 2 aliphatic heterocycles. The van der Waals surface area contributed by atoms with Crippen LogP contribution in [0, 0.1) is 5.92 Å². The van der Waals surface area contributed by atoms with Crippen molar-refractivity contribution in [1.29, 1.82) is 0 Å². The topological polar surface area (TPSA) is 89.7 Å². The lowest BCUT2D eigenvalue weighted by Gasteiger charge is -2.42. The maximum absolute atomic E-state index is 12.0. The SMILES string of the molecule is CO[C@H]1C(C2(C)O[C@H]2CC=C(C)C)[C@]2(CC[C@H]1OC(=O)NC(=O)CCl)CO2. The lowest BCUT2D eigenvalue weighted by atomic mass is 9.68. The third-order valence-electron chi connectivity index (χ3n) is 5.86. The second kappa shape index (κ2) is 7.70. The number of rotatable bonds is 6. The average molecular weight is 402 g/mol. The van der Waals surface area contributed by atoms with E-state index in [0.29, 0.717) is 13.0 Å². The van der Waals surface area contributed by atoms with Crippen LogP contribution in [-0.4, -0.2) is 61.1 Å². The summed E-state index contributed by atoms with van der Waals surface area (Å²) in [4.78, 5) is 23.3. The van der Waals surface area contributed by atoms with Crippen LogP contribution in [0.5, 0.6) is 0 Å². The van der Waals surface area contributed by atoms with Gasteiger partial charge in [0.15, 0.2) is 0 Å². The Hall–Kier alpha value is -1.15. The van der Waals surface area contributed by atoms with Crippen molar-refractivity contribution in [2.45, 2.75) is 69.5 Å². The third kappa shape index (κ3) is 4.16. The molecule has 0 radical (unpaired) electrons. The zero-order valence-electron chi connectivity index (χ0n) is 16.2. The average Bonchev–Trinajstić information content (AvgIpc) is 3.52. The van der Waals surface area contributed by atoms with E-state index >= 15 is 0 Å². The molecule has 2 unspecified atom stereocenters. The van der Waals surface area contributed by atoms with E-state index in [-0.39, 0.29) is 29.6 Å². The standard InChI is InChI=1S/C19H28ClNO6/c1-11(2)5-6-13-18(3,27-13)16-15(24-4)12(7-8-19(16)10-25-19)26-17(23)21-14(22)9-20/h5,12-13,15-16H,6-10H2,1-4H3,(H,21,22,23)/t12-,13+,15-,16?,18?,19+/m1/s1. The van der Waals surface area contributed by atoms with Gasteiger partial charge in [-0.2, -0.15) is 0 Å². The van der Waals surface area contributed by atoms with Crippen molar-refractivity contribution in [1.82, 2.24) is 5.32 Å². The smallest absolute Gasteiger partial charge is 0.414 e. The summed E-state index contributed by atoms with van der Waals surface area (Å²) >= 11 is 5.42. The van der Waals surface area contributed by atoms with Crippen LogP contribution in [0.3, 0.4) is 0 Å². The minimum absolute atomic E-state index is 0.0548. The Balaban J connectivity index is 1.73. The van der Waals surface area contributed by atoms with Crippen molar-refractivity contribution in [3.8, 4) is 0 Å². The number of ether oxygens (including phenoxy) is 4. The summed E-state index contributed by atoms with van der Waals surface area (Å²) in [6.45, 7) is 6.87. The number of carbonyl (C=O) groups is 2. The number of epoxide rings is 2. The zero-order chi connectivity index (χ0) is 19.8. The number of hydrogen-bond acceptors (Lipinski definition) is 6. The van der Waals surface area contributed by atoms with Gasteiger partial charge >= 0.3 is 6.09 Å². The Labute approximate surface area is 164 Å². The van der Waals surface area contributed by atoms with Crippen LogP contribution in [0.15, 0.2) is 11.6 Å². The van der Waals surface area contributed by atoms with Gasteiger partial charge in [0.1, 0.15) is 29.3 Å². The molecule has 27 heavy (non-hydrogen) atoms. The molecule has 2 amide bonds. The van der Waals surface area contributed by atoms with Crippen LogP contribution in [0.25, 0.3) is 0 Å². The third-order valence-corrected chi connectivity index (χ3v) is 6.10. The first kappa shape index (κ1) is 20.6. The van der Waals surface area contributed by atoms with Crippen LogP contribution in [-0.2, 0) is 23.7 Å². The van der Waals surface area contributed by atoms with E-state index in [4.69, 9.17) is 30.5 Å². The minimum atomic E-state index is -0.804. The molecule has 0 aromatic heterocycles. The highest BCUT2D eigenvalue weighted by Crippen LogP contribution is 2.59. The van der Waals surface area contributed by atoms with E-state index in [9.17, 15) is 9.59 Å². The predicted molar refractivity (Wildman–Crippen MR) is 98.7 cm³/mol. The molecular weight excluding hydrogens is 374 g/mol. The number of allylic oxidation sites excluding steroid dienone is 1. The number of halogens is 1. The van der Waals surface area contributed by atoms with Crippen LogP contribution in [0.1, 0.15) is 40.0 Å². The highest BCUT2D eigenvalue weighted by molar-refractivity contribution is 6.28. The second-order valence-electron chi connectivity index (χ2n) is 8.00. The monoisotopic (exact) mass is 401 g/mol. The van der Waals surface area contributed by atoms with E-state index in [1.54, 1.807) is 7.11 Å². The number of alkyl halides is 1. The van der Waals surface area contributed by atoms with Gasteiger partial charge in [0.2, 0.25) is 5.91 Å². The van der Waals surface area contributed by atoms with Gasteiger partial charge in [0, 0.05) is 7.11 Å². The van der Waals surface area contributed by atoms with Crippen LogP contribution in [0.2, 0.25) is 0 Å². The van der Waals surface area contributed by atoms with Gasteiger partial charge in [-0.3, -0.25) is 10.1 Å². The van der Waals surface area contributed by atoms with E-state index in [1.807, 2.05) is 0 Å². The fraction of sp³-hybridized carbons (Fsp3) is 0.789. The Morgan fingerprint density at radius 3 is 2.63 bits per heavy atom. The van der Waals surface area contributed by atoms with Gasteiger partial charge in [-0.25, -0.2) is 4.79 Å². The quantitative estimate of drug-likeness (QED) is 0.418. The first-order valence-electron chi connectivity index (χ1n) is 9.30. The number of methoxy groups -OCH3 is 1. The minimum Gasteiger partial charge on any atom is -0.443 e.